The number of para-hydroxylation sites is 1. The van der Waals surface area contributed by atoms with Crippen molar-refractivity contribution in [1.82, 2.24) is 19.5 Å². The van der Waals surface area contributed by atoms with Crippen LogP contribution in [0.15, 0.2) is 78.9 Å². The van der Waals surface area contributed by atoms with Crippen LogP contribution in [-0.4, -0.2) is 19.5 Å². The molecule has 0 aliphatic rings. The van der Waals surface area contributed by atoms with E-state index in [0.29, 0.717) is 40.1 Å². The van der Waals surface area contributed by atoms with Gasteiger partial charge in [0.2, 0.25) is 0 Å². The Morgan fingerprint density at radius 1 is 0.615 bits per heavy atom. The molecule has 182 valence electrons. The number of aryl methyl sites for hydroxylation is 2. The lowest BCUT2D eigenvalue weighted by molar-refractivity contribution is 0.929. The third-order valence-electron chi connectivity index (χ3n) is 6.63. The zero-order valence-electron chi connectivity index (χ0n) is 21.1. The molecule has 0 aliphatic carbocycles. The summed E-state index contributed by atoms with van der Waals surface area (Å²) in [5.41, 5.74) is 6.50. The highest BCUT2D eigenvalue weighted by Crippen LogP contribution is 2.38. The first-order valence-corrected chi connectivity index (χ1v) is 12.1. The van der Waals surface area contributed by atoms with E-state index in [1.807, 2.05) is 50.2 Å². The van der Waals surface area contributed by atoms with Crippen LogP contribution in [0.5, 0.6) is 0 Å². The van der Waals surface area contributed by atoms with Gasteiger partial charge in [0.05, 0.1) is 30.7 Å². The van der Waals surface area contributed by atoms with Crippen LogP contribution in [0.4, 0.5) is 17.1 Å². The summed E-state index contributed by atoms with van der Waals surface area (Å²) in [6.45, 7) is 26.4. The molecule has 2 aromatic heterocycles. The Hall–Kier alpha value is -5.84. The third kappa shape index (κ3) is 4.03. The highest BCUT2D eigenvalue weighted by atomic mass is 15.0. The molecule has 0 N–H and O–H groups in total. The van der Waals surface area contributed by atoms with Crippen molar-refractivity contribution in [3.63, 3.8) is 0 Å². The third-order valence-corrected chi connectivity index (χ3v) is 6.63. The first kappa shape index (κ1) is 23.6. The molecule has 39 heavy (non-hydrogen) atoms. The van der Waals surface area contributed by atoms with Crippen LogP contribution in [0.25, 0.3) is 64.5 Å². The molecule has 0 unspecified atom stereocenters. The molecule has 0 amide bonds. The molecule has 0 atom stereocenters. The molecule has 0 radical (unpaired) electrons. The maximum absolute atomic E-state index is 7.91. The number of hydrogen-bond acceptors (Lipinski definition) is 3. The van der Waals surface area contributed by atoms with E-state index in [4.69, 9.17) is 19.7 Å². The fraction of sp³-hybridized carbons (Fsp3) is 0.0625. The zero-order valence-corrected chi connectivity index (χ0v) is 21.1. The van der Waals surface area contributed by atoms with Crippen molar-refractivity contribution in [3.05, 3.63) is 125 Å². The van der Waals surface area contributed by atoms with E-state index in [1.165, 1.54) is 0 Å². The molecule has 7 heteroatoms. The summed E-state index contributed by atoms with van der Waals surface area (Å²) in [6, 6.07) is 25.3. The largest absolute Gasteiger partial charge is 0.310 e. The van der Waals surface area contributed by atoms with Crippen LogP contribution in [0.3, 0.4) is 0 Å². The van der Waals surface area contributed by atoms with Crippen LogP contribution in [-0.2, 0) is 0 Å². The van der Waals surface area contributed by atoms with Gasteiger partial charge >= 0.3 is 0 Å². The smallest absolute Gasteiger partial charge is 0.200 e. The minimum absolute atomic E-state index is 0.431. The average Bonchev–Trinajstić information content (AvgIpc) is 3.29. The summed E-state index contributed by atoms with van der Waals surface area (Å²) < 4.78 is 2.14. The number of rotatable bonds is 3. The van der Waals surface area contributed by atoms with E-state index in [2.05, 4.69) is 58.3 Å². The maximum Gasteiger partial charge on any atom is 0.200 e. The van der Waals surface area contributed by atoms with Crippen molar-refractivity contribution in [2.45, 2.75) is 13.8 Å². The second-order valence-corrected chi connectivity index (χ2v) is 9.11. The number of fused-ring (bicyclic) bond motifs is 3. The SMILES string of the molecule is [C-]#[N+]c1cc([N+]#[C-])cc(-c2ccc3c4ccccc4n(-c4ccc(-c5nc(C)nc(C)n5)c([N+]#[C-])c4)c3c2)c1. The van der Waals surface area contributed by atoms with Gasteiger partial charge in [-0.3, -0.25) is 0 Å². The Bertz CT molecular complexity index is 2030. The number of nitrogens with zero attached hydrogens (tertiary/aromatic N) is 7. The van der Waals surface area contributed by atoms with Gasteiger partial charge in [-0.25, -0.2) is 29.5 Å². The van der Waals surface area contributed by atoms with Crippen molar-refractivity contribution in [1.29, 1.82) is 0 Å². The number of aromatic nitrogens is 4. The van der Waals surface area contributed by atoms with Crippen molar-refractivity contribution < 1.29 is 0 Å². The fourth-order valence-electron chi connectivity index (χ4n) is 5.00. The molecule has 0 spiro atoms. The monoisotopic (exact) mass is 501 g/mol. The van der Waals surface area contributed by atoms with Crippen molar-refractivity contribution in [2.75, 3.05) is 0 Å². The predicted molar refractivity (Wildman–Crippen MR) is 153 cm³/mol. The molecule has 0 aliphatic heterocycles. The van der Waals surface area contributed by atoms with E-state index < -0.39 is 0 Å². The lowest BCUT2D eigenvalue weighted by Gasteiger charge is -2.12. The first-order chi connectivity index (χ1) is 19.0. The lowest BCUT2D eigenvalue weighted by atomic mass is 10.0. The molecule has 6 aromatic rings. The van der Waals surface area contributed by atoms with Gasteiger partial charge in [-0.1, -0.05) is 54.6 Å². The topological polar surface area (TPSA) is 56.7 Å². The van der Waals surface area contributed by atoms with Crippen molar-refractivity contribution >= 4 is 38.9 Å². The molecular weight excluding hydrogens is 482 g/mol. The van der Waals surface area contributed by atoms with E-state index in [-0.39, 0.29) is 0 Å². The fourth-order valence-corrected chi connectivity index (χ4v) is 5.00. The van der Waals surface area contributed by atoms with Gasteiger partial charge in [-0.05, 0) is 49.2 Å². The van der Waals surface area contributed by atoms with Crippen LogP contribution in [0.1, 0.15) is 11.6 Å². The Kier molecular flexibility index (Phi) is 5.57. The Morgan fingerprint density at radius 2 is 1.31 bits per heavy atom. The summed E-state index contributed by atoms with van der Waals surface area (Å²) in [7, 11) is 0. The lowest BCUT2D eigenvalue weighted by Crippen LogP contribution is -2.00. The van der Waals surface area contributed by atoms with Gasteiger partial charge in [0, 0.05) is 22.0 Å². The summed E-state index contributed by atoms with van der Waals surface area (Å²) in [5, 5.41) is 2.16. The summed E-state index contributed by atoms with van der Waals surface area (Å²) in [6.07, 6.45) is 0. The quantitative estimate of drug-likeness (QED) is 0.228. The molecular formula is C32H19N7. The molecule has 7 nitrogen and oxygen atoms in total. The minimum Gasteiger partial charge on any atom is -0.310 e. The molecule has 4 aromatic carbocycles. The van der Waals surface area contributed by atoms with Crippen LogP contribution in [0, 0.1) is 33.6 Å². The normalized spacial score (nSPS) is 10.7. The average molecular weight is 502 g/mol. The molecule has 0 saturated carbocycles. The van der Waals surface area contributed by atoms with Crippen molar-refractivity contribution in [2.24, 2.45) is 0 Å². The second kappa shape index (κ2) is 9.23. The van der Waals surface area contributed by atoms with Gasteiger partial charge in [0.1, 0.15) is 11.6 Å². The van der Waals surface area contributed by atoms with Gasteiger partial charge < -0.3 is 4.57 Å². The summed E-state index contributed by atoms with van der Waals surface area (Å²) in [4.78, 5) is 24.1. The standard InChI is InChI=1S/C32H19N7/c1-19-36-20(2)38-32(37-19)28-13-11-25(18-29(28)35-5)39-30-9-7-6-8-26(30)27-12-10-21(16-31(27)39)22-14-23(33-3)17-24(15-22)34-4/h6-18H,1-2H3. The van der Waals surface area contributed by atoms with Crippen LogP contribution >= 0.6 is 0 Å². The van der Waals surface area contributed by atoms with Crippen LogP contribution in [0.2, 0.25) is 0 Å². The van der Waals surface area contributed by atoms with E-state index in [1.54, 1.807) is 18.2 Å². The van der Waals surface area contributed by atoms with E-state index >= 15 is 0 Å². The van der Waals surface area contributed by atoms with Gasteiger partial charge in [0.15, 0.2) is 22.9 Å². The zero-order chi connectivity index (χ0) is 27.1. The van der Waals surface area contributed by atoms with Crippen molar-refractivity contribution in [3.8, 4) is 28.2 Å². The second-order valence-electron chi connectivity index (χ2n) is 9.11. The van der Waals surface area contributed by atoms with Gasteiger partial charge in [-0.15, -0.1) is 0 Å². The Morgan fingerprint density at radius 3 is 2.00 bits per heavy atom. The summed E-state index contributed by atoms with van der Waals surface area (Å²) in [5.74, 6) is 1.70. The molecule has 0 saturated heterocycles. The van der Waals surface area contributed by atoms with Crippen LogP contribution < -0.4 is 0 Å². The maximum atomic E-state index is 7.91. The van der Waals surface area contributed by atoms with Gasteiger partial charge in [-0.2, -0.15) is 0 Å². The molecule has 0 bridgehead atoms. The number of benzene rings is 4. The highest BCUT2D eigenvalue weighted by Gasteiger charge is 2.16. The predicted octanol–water partition coefficient (Wildman–Crippen LogP) is 8.57. The van der Waals surface area contributed by atoms with Gasteiger partial charge in [0.25, 0.3) is 0 Å². The summed E-state index contributed by atoms with van der Waals surface area (Å²) >= 11 is 0. The number of hydrogen-bond donors (Lipinski definition) is 0. The molecule has 0 fully saturated rings. The molecule has 2 heterocycles. The first-order valence-electron chi connectivity index (χ1n) is 12.1. The highest BCUT2D eigenvalue weighted by molar-refractivity contribution is 6.10. The molecule has 6 rings (SSSR count). The Balaban J connectivity index is 1.60. The Labute approximate surface area is 225 Å². The van der Waals surface area contributed by atoms with E-state index in [9.17, 15) is 0 Å². The minimum atomic E-state index is 0.431. The van der Waals surface area contributed by atoms with E-state index in [0.717, 1.165) is 38.6 Å².